The van der Waals surface area contributed by atoms with Crippen LogP contribution >= 0.6 is 0 Å². The minimum Gasteiger partial charge on any atom is -0.480 e. The van der Waals surface area contributed by atoms with Gasteiger partial charge in [-0.05, 0) is 96.4 Å². The summed E-state index contributed by atoms with van der Waals surface area (Å²) in [5.41, 5.74) is 5.48. The predicted octanol–water partition coefficient (Wildman–Crippen LogP) is 13.0. The minimum absolute atomic E-state index is 0.00989. The second-order valence-corrected chi connectivity index (χ2v) is 15.5. The SMILES string of the molecule is CCCCCCC/C=C\C/C=C\C/C=C\CCCCCCCCC(=O)OC(CCCCCCCCC)CCCCCCCC(=O)NC(CCCN)C(=O)O. The molecule has 0 aromatic rings. The van der Waals surface area contributed by atoms with Gasteiger partial charge in [0.15, 0.2) is 0 Å². The molecule has 0 saturated carbocycles. The number of ether oxygens (including phenoxy) is 1. The van der Waals surface area contributed by atoms with Crippen LogP contribution in [-0.4, -0.2) is 41.6 Å². The van der Waals surface area contributed by atoms with Gasteiger partial charge in [-0.3, -0.25) is 9.59 Å². The van der Waals surface area contributed by atoms with E-state index in [4.69, 9.17) is 10.5 Å². The van der Waals surface area contributed by atoms with Crippen LogP contribution in [0.2, 0.25) is 0 Å². The van der Waals surface area contributed by atoms with Gasteiger partial charge in [0.05, 0.1) is 0 Å². The lowest BCUT2D eigenvalue weighted by Gasteiger charge is -2.18. The molecule has 0 bridgehead atoms. The van der Waals surface area contributed by atoms with Crippen LogP contribution in [0.3, 0.4) is 0 Å². The summed E-state index contributed by atoms with van der Waals surface area (Å²) in [5, 5.41) is 11.9. The van der Waals surface area contributed by atoms with E-state index in [0.717, 1.165) is 83.5 Å². The van der Waals surface area contributed by atoms with E-state index in [1.54, 1.807) is 0 Å². The molecule has 0 heterocycles. The Hall–Kier alpha value is -2.41. The summed E-state index contributed by atoms with van der Waals surface area (Å²) < 4.78 is 6.02. The van der Waals surface area contributed by atoms with Crippen molar-refractivity contribution in [2.45, 2.75) is 238 Å². The third-order valence-corrected chi connectivity index (χ3v) is 10.2. The van der Waals surface area contributed by atoms with E-state index < -0.39 is 12.0 Å². The summed E-state index contributed by atoms with van der Waals surface area (Å²) >= 11 is 0. The second kappa shape index (κ2) is 41.7. The van der Waals surface area contributed by atoms with Gasteiger partial charge in [-0.1, -0.05) is 159 Å². The van der Waals surface area contributed by atoms with E-state index in [9.17, 15) is 19.5 Å². The molecule has 0 aliphatic heterocycles. The first kappa shape index (κ1) is 51.6. The van der Waals surface area contributed by atoms with Gasteiger partial charge in [-0.15, -0.1) is 0 Å². The van der Waals surface area contributed by atoms with Crippen molar-refractivity contribution in [1.82, 2.24) is 5.32 Å². The zero-order valence-electron chi connectivity index (χ0n) is 35.3. The Morgan fingerprint density at radius 1 is 0.537 bits per heavy atom. The van der Waals surface area contributed by atoms with Gasteiger partial charge in [0, 0.05) is 12.8 Å². The molecule has 0 spiro atoms. The highest BCUT2D eigenvalue weighted by Crippen LogP contribution is 2.19. The van der Waals surface area contributed by atoms with Gasteiger partial charge in [0.1, 0.15) is 12.1 Å². The maximum atomic E-state index is 12.8. The fourth-order valence-corrected chi connectivity index (χ4v) is 6.75. The molecule has 0 aliphatic carbocycles. The molecular weight excluding hydrogens is 673 g/mol. The number of carboxylic acid groups (broad SMARTS) is 1. The van der Waals surface area contributed by atoms with Gasteiger partial charge in [0.2, 0.25) is 5.91 Å². The molecule has 314 valence electrons. The fourth-order valence-electron chi connectivity index (χ4n) is 6.75. The summed E-state index contributed by atoms with van der Waals surface area (Å²) in [5.74, 6) is -1.24. The van der Waals surface area contributed by atoms with Crippen LogP contribution in [0.25, 0.3) is 0 Å². The average molecular weight is 759 g/mol. The Morgan fingerprint density at radius 2 is 0.963 bits per heavy atom. The van der Waals surface area contributed by atoms with E-state index >= 15 is 0 Å². The summed E-state index contributed by atoms with van der Waals surface area (Å²) in [4.78, 5) is 36.3. The molecule has 0 aromatic carbocycles. The zero-order chi connectivity index (χ0) is 39.6. The largest absolute Gasteiger partial charge is 0.480 e. The monoisotopic (exact) mass is 759 g/mol. The molecule has 0 saturated heterocycles. The summed E-state index contributed by atoms with van der Waals surface area (Å²) in [6.45, 7) is 4.92. The molecule has 4 N–H and O–H groups in total. The number of allylic oxidation sites excluding steroid dienone is 6. The van der Waals surface area contributed by atoms with Crippen LogP contribution in [0, 0.1) is 0 Å². The number of hydrogen-bond acceptors (Lipinski definition) is 5. The number of aliphatic carboxylic acids is 1. The standard InChI is InChI=1S/C47H86N2O5/c1-3-5-7-9-11-12-13-14-15-16-17-18-19-20-21-22-23-24-26-31-35-41-46(51)54-43(37-32-28-25-10-8-6-4-2)38-33-29-27-30-34-40-45(50)49-44(47(52)53)39-36-42-48/h13-14,16-17,19-20,43-44H,3-12,15,18,21-42,48H2,1-2H3,(H,49,50)(H,52,53)/b14-13-,17-16-,20-19-. The lowest BCUT2D eigenvalue weighted by Crippen LogP contribution is -2.40. The quantitative estimate of drug-likeness (QED) is 0.0324. The first-order chi connectivity index (χ1) is 26.4. The average Bonchev–Trinajstić information content (AvgIpc) is 3.16. The van der Waals surface area contributed by atoms with Crippen LogP contribution in [0.15, 0.2) is 36.5 Å². The van der Waals surface area contributed by atoms with Gasteiger partial charge in [-0.2, -0.15) is 0 Å². The van der Waals surface area contributed by atoms with Crippen molar-refractivity contribution in [2.75, 3.05) is 6.54 Å². The molecule has 7 nitrogen and oxygen atoms in total. The first-order valence-electron chi connectivity index (χ1n) is 22.8. The van der Waals surface area contributed by atoms with Gasteiger partial charge in [-0.25, -0.2) is 4.79 Å². The molecule has 2 atom stereocenters. The molecule has 0 fully saturated rings. The van der Waals surface area contributed by atoms with Crippen molar-refractivity contribution in [1.29, 1.82) is 0 Å². The van der Waals surface area contributed by atoms with Crippen molar-refractivity contribution in [2.24, 2.45) is 5.73 Å². The number of carboxylic acids is 1. The van der Waals surface area contributed by atoms with Crippen molar-refractivity contribution >= 4 is 17.8 Å². The van der Waals surface area contributed by atoms with E-state index in [1.807, 2.05) is 0 Å². The van der Waals surface area contributed by atoms with Crippen molar-refractivity contribution in [3.8, 4) is 0 Å². The zero-order valence-corrected chi connectivity index (χ0v) is 35.3. The molecule has 2 unspecified atom stereocenters. The van der Waals surface area contributed by atoms with Crippen LogP contribution in [0.5, 0.6) is 0 Å². The van der Waals surface area contributed by atoms with E-state index in [-0.39, 0.29) is 18.0 Å². The number of carbonyl (C=O) groups is 3. The highest BCUT2D eigenvalue weighted by molar-refractivity contribution is 5.83. The molecule has 54 heavy (non-hydrogen) atoms. The van der Waals surface area contributed by atoms with E-state index in [1.165, 1.54) is 103 Å². The molecule has 1 amide bonds. The number of amides is 1. The normalized spacial score (nSPS) is 12.9. The third kappa shape index (κ3) is 37.9. The fraction of sp³-hybridized carbons (Fsp3) is 0.809. The van der Waals surface area contributed by atoms with Gasteiger partial charge >= 0.3 is 11.9 Å². The van der Waals surface area contributed by atoms with E-state index in [0.29, 0.717) is 32.2 Å². The predicted molar refractivity (Wildman–Crippen MR) is 230 cm³/mol. The van der Waals surface area contributed by atoms with Crippen molar-refractivity contribution < 1.29 is 24.2 Å². The number of carbonyl (C=O) groups excluding carboxylic acids is 2. The maximum Gasteiger partial charge on any atom is 0.326 e. The smallest absolute Gasteiger partial charge is 0.326 e. The number of esters is 1. The Balaban J connectivity index is 4.13. The Labute approximate surface area is 333 Å². The highest BCUT2D eigenvalue weighted by Gasteiger charge is 2.19. The molecule has 7 heteroatoms. The lowest BCUT2D eigenvalue weighted by molar-refractivity contribution is -0.150. The van der Waals surface area contributed by atoms with Crippen LogP contribution in [0.4, 0.5) is 0 Å². The molecule has 0 aromatic heterocycles. The highest BCUT2D eigenvalue weighted by atomic mass is 16.5. The number of nitrogens with two attached hydrogens (primary N) is 1. The maximum absolute atomic E-state index is 12.8. The Bertz CT molecular complexity index is 946. The number of rotatable bonds is 41. The lowest BCUT2D eigenvalue weighted by atomic mass is 10.0. The second-order valence-electron chi connectivity index (χ2n) is 15.5. The minimum atomic E-state index is -1.00. The molecule has 0 rings (SSSR count). The first-order valence-corrected chi connectivity index (χ1v) is 22.8. The van der Waals surface area contributed by atoms with Gasteiger partial charge < -0.3 is 20.9 Å². The Kier molecular flexibility index (Phi) is 39.9. The van der Waals surface area contributed by atoms with E-state index in [2.05, 4.69) is 55.6 Å². The van der Waals surface area contributed by atoms with Crippen LogP contribution < -0.4 is 11.1 Å². The Morgan fingerprint density at radius 3 is 1.44 bits per heavy atom. The number of nitrogens with one attached hydrogen (secondary N) is 1. The molecule has 0 aliphatic rings. The number of unbranched alkanes of at least 4 members (excludes halogenated alkanes) is 21. The summed E-state index contributed by atoms with van der Waals surface area (Å²) in [6.07, 6.45) is 49.1. The summed E-state index contributed by atoms with van der Waals surface area (Å²) in [7, 11) is 0. The van der Waals surface area contributed by atoms with Crippen molar-refractivity contribution in [3.63, 3.8) is 0 Å². The topological polar surface area (TPSA) is 119 Å². The van der Waals surface area contributed by atoms with Gasteiger partial charge in [0.25, 0.3) is 0 Å². The van der Waals surface area contributed by atoms with Crippen LogP contribution in [0.1, 0.15) is 226 Å². The number of hydrogen-bond donors (Lipinski definition) is 3. The molecule has 0 radical (unpaired) electrons. The summed E-state index contributed by atoms with van der Waals surface area (Å²) in [6, 6.07) is -0.856. The third-order valence-electron chi connectivity index (χ3n) is 10.2. The van der Waals surface area contributed by atoms with Crippen molar-refractivity contribution in [3.05, 3.63) is 36.5 Å². The van der Waals surface area contributed by atoms with Crippen LogP contribution in [-0.2, 0) is 19.1 Å². The molecular formula is C47H86N2O5.